The lowest BCUT2D eigenvalue weighted by Gasteiger charge is -1.97. The monoisotopic (exact) mass is 198 g/mol. The molecule has 3 nitrogen and oxygen atoms in total. The average molecular weight is 198 g/mol. The highest BCUT2D eigenvalue weighted by atomic mass is 16.3. The predicted molar refractivity (Wildman–Crippen MR) is 57.6 cm³/mol. The molecule has 0 aliphatic rings. The van der Waals surface area contributed by atoms with Crippen LogP contribution in [0.5, 0.6) is 5.75 Å². The molecular formula is C11H18O3. The summed E-state index contributed by atoms with van der Waals surface area (Å²) in [7, 11) is 0. The normalized spacial score (nSPS) is 7.43. The Labute approximate surface area is 85.0 Å². The summed E-state index contributed by atoms with van der Waals surface area (Å²) in [4.78, 5) is 8.36. The Balaban J connectivity index is 0. The Morgan fingerprint density at radius 2 is 1.64 bits per heavy atom. The molecule has 2 N–H and O–H groups in total. The molecule has 0 heterocycles. The Morgan fingerprint density at radius 1 is 1.21 bits per heavy atom. The average Bonchev–Trinajstić information content (AvgIpc) is 2.17. The van der Waals surface area contributed by atoms with Crippen molar-refractivity contribution in [2.24, 2.45) is 0 Å². The number of aryl methyl sites for hydroxylation is 2. The molecule has 0 spiro atoms. The van der Waals surface area contributed by atoms with E-state index in [-0.39, 0.29) is 6.47 Å². The second-order valence-corrected chi connectivity index (χ2v) is 2.40. The van der Waals surface area contributed by atoms with Gasteiger partial charge in [-0.1, -0.05) is 31.5 Å². The number of hydrogen-bond donors (Lipinski definition) is 2. The van der Waals surface area contributed by atoms with Crippen LogP contribution in [0.3, 0.4) is 0 Å². The molecule has 1 aromatic rings. The van der Waals surface area contributed by atoms with Crippen LogP contribution in [0.25, 0.3) is 0 Å². The van der Waals surface area contributed by atoms with Crippen LogP contribution in [0.2, 0.25) is 0 Å². The van der Waals surface area contributed by atoms with E-state index in [1.54, 1.807) is 6.07 Å². The number of carbonyl (C=O) groups is 1. The van der Waals surface area contributed by atoms with Gasteiger partial charge in [0.05, 0.1) is 0 Å². The van der Waals surface area contributed by atoms with Crippen molar-refractivity contribution in [3.8, 4) is 5.75 Å². The molecule has 80 valence electrons. The molecule has 14 heavy (non-hydrogen) atoms. The van der Waals surface area contributed by atoms with Crippen LogP contribution in [0.15, 0.2) is 18.2 Å². The summed E-state index contributed by atoms with van der Waals surface area (Å²) in [5.74, 6) is 0.376. The van der Waals surface area contributed by atoms with E-state index < -0.39 is 0 Å². The SMILES string of the molecule is CC.Cc1ccc(O)c(C)c1.O=CO. The third-order valence-corrected chi connectivity index (χ3v) is 1.35. The van der Waals surface area contributed by atoms with E-state index in [9.17, 15) is 0 Å². The van der Waals surface area contributed by atoms with Gasteiger partial charge in [-0.25, -0.2) is 0 Å². The highest BCUT2D eigenvalue weighted by Crippen LogP contribution is 2.15. The quantitative estimate of drug-likeness (QED) is 0.630. The first-order valence-corrected chi connectivity index (χ1v) is 4.46. The topological polar surface area (TPSA) is 57.5 Å². The van der Waals surface area contributed by atoms with Gasteiger partial charge in [-0.05, 0) is 25.5 Å². The summed E-state index contributed by atoms with van der Waals surface area (Å²) in [6.07, 6.45) is 0. The molecule has 1 aromatic carbocycles. The zero-order valence-electron chi connectivity index (χ0n) is 9.11. The molecule has 0 radical (unpaired) electrons. The van der Waals surface area contributed by atoms with E-state index in [1.165, 1.54) is 5.56 Å². The number of aromatic hydroxyl groups is 1. The fraction of sp³-hybridized carbons (Fsp3) is 0.364. The van der Waals surface area contributed by atoms with Gasteiger partial charge in [0.1, 0.15) is 5.75 Å². The van der Waals surface area contributed by atoms with Crippen LogP contribution < -0.4 is 0 Å². The van der Waals surface area contributed by atoms with E-state index in [0.29, 0.717) is 5.75 Å². The minimum atomic E-state index is -0.250. The number of hydrogen-bond acceptors (Lipinski definition) is 2. The smallest absolute Gasteiger partial charge is 0.290 e. The van der Waals surface area contributed by atoms with Gasteiger partial charge in [0.25, 0.3) is 6.47 Å². The summed E-state index contributed by atoms with van der Waals surface area (Å²) in [6.45, 7) is 7.65. The van der Waals surface area contributed by atoms with Crippen molar-refractivity contribution in [3.63, 3.8) is 0 Å². The molecule has 3 heteroatoms. The van der Waals surface area contributed by atoms with Gasteiger partial charge in [0, 0.05) is 0 Å². The van der Waals surface area contributed by atoms with E-state index >= 15 is 0 Å². The number of rotatable bonds is 0. The maximum absolute atomic E-state index is 9.04. The largest absolute Gasteiger partial charge is 0.508 e. The van der Waals surface area contributed by atoms with Gasteiger partial charge in [-0.3, -0.25) is 4.79 Å². The molecule has 0 fully saturated rings. The first-order chi connectivity index (χ1) is 6.61. The maximum Gasteiger partial charge on any atom is 0.290 e. The van der Waals surface area contributed by atoms with Crippen molar-refractivity contribution in [3.05, 3.63) is 29.3 Å². The summed E-state index contributed by atoms with van der Waals surface area (Å²) in [5, 5.41) is 15.9. The lowest BCUT2D eigenvalue weighted by molar-refractivity contribution is -0.122. The molecule has 0 saturated carbocycles. The molecule has 0 aromatic heterocycles. The zero-order chi connectivity index (χ0) is 11.6. The highest BCUT2D eigenvalue weighted by Gasteiger charge is 1.91. The van der Waals surface area contributed by atoms with Gasteiger partial charge in [-0.15, -0.1) is 0 Å². The Hall–Kier alpha value is -1.51. The third-order valence-electron chi connectivity index (χ3n) is 1.35. The maximum atomic E-state index is 9.04. The second-order valence-electron chi connectivity index (χ2n) is 2.40. The van der Waals surface area contributed by atoms with E-state index in [1.807, 2.05) is 39.8 Å². The molecular weight excluding hydrogens is 180 g/mol. The molecule has 1 rings (SSSR count). The van der Waals surface area contributed by atoms with Gasteiger partial charge in [0.15, 0.2) is 0 Å². The van der Waals surface area contributed by atoms with E-state index in [2.05, 4.69) is 0 Å². The predicted octanol–water partition coefficient (Wildman–Crippen LogP) is 2.74. The number of carboxylic acid groups (broad SMARTS) is 1. The lowest BCUT2D eigenvalue weighted by atomic mass is 10.1. The van der Waals surface area contributed by atoms with Crippen LogP contribution >= 0.6 is 0 Å². The number of phenolic OH excluding ortho intramolecular Hbond substituents is 1. The number of phenols is 1. The fourth-order valence-electron chi connectivity index (χ4n) is 0.805. The first-order valence-electron chi connectivity index (χ1n) is 4.46. The third kappa shape index (κ3) is 7.16. The summed E-state index contributed by atoms with van der Waals surface area (Å²) < 4.78 is 0. The van der Waals surface area contributed by atoms with Crippen molar-refractivity contribution >= 4 is 6.47 Å². The van der Waals surface area contributed by atoms with Crippen LogP contribution in [0.1, 0.15) is 25.0 Å². The van der Waals surface area contributed by atoms with Gasteiger partial charge in [0.2, 0.25) is 0 Å². The minimum Gasteiger partial charge on any atom is -0.508 e. The standard InChI is InChI=1S/C8H10O.C2H6.CH2O2/c1-6-3-4-8(9)7(2)5-6;1-2;2-1-3/h3-5,9H,1-2H3;1-2H3;1H,(H,2,3). The molecule has 0 aliphatic carbocycles. The van der Waals surface area contributed by atoms with Crippen LogP contribution in [0.4, 0.5) is 0 Å². The van der Waals surface area contributed by atoms with Crippen molar-refractivity contribution < 1.29 is 15.0 Å². The Bertz CT molecular complexity index is 257. The zero-order valence-corrected chi connectivity index (χ0v) is 9.11. The minimum absolute atomic E-state index is 0.250. The van der Waals surface area contributed by atoms with Crippen LogP contribution in [0, 0.1) is 13.8 Å². The van der Waals surface area contributed by atoms with Crippen LogP contribution in [-0.4, -0.2) is 16.7 Å². The van der Waals surface area contributed by atoms with Crippen molar-refractivity contribution in [1.29, 1.82) is 0 Å². The Kier molecular flexibility index (Phi) is 10.3. The number of benzene rings is 1. The van der Waals surface area contributed by atoms with Gasteiger partial charge in [-0.2, -0.15) is 0 Å². The molecule has 0 unspecified atom stereocenters. The Morgan fingerprint density at radius 3 is 1.93 bits per heavy atom. The highest BCUT2D eigenvalue weighted by molar-refractivity contribution is 5.34. The summed E-state index contributed by atoms with van der Waals surface area (Å²) >= 11 is 0. The van der Waals surface area contributed by atoms with E-state index in [4.69, 9.17) is 15.0 Å². The first kappa shape index (κ1) is 15.0. The molecule has 0 bridgehead atoms. The molecule has 0 atom stereocenters. The summed E-state index contributed by atoms with van der Waals surface area (Å²) in [5.41, 5.74) is 2.13. The van der Waals surface area contributed by atoms with Crippen molar-refractivity contribution in [2.75, 3.05) is 0 Å². The second kappa shape index (κ2) is 9.58. The molecule has 0 aliphatic heterocycles. The summed E-state index contributed by atoms with van der Waals surface area (Å²) in [6, 6.07) is 5.56. The van der Waals surface area contributed by atoms with Crippen LogP contribution in [-0.2, 0) is 4.79 Å². The lowest BCUT2D eigenvalue weighted by Crippen LogP contribution is -1.75. The fourth-order valence-corrected chi connectivity index (χ4v) is 0.805. The molecule has 0 saturated heterocycles. The molecule has 0 amide bonds. The van der Waals surface area contributed by atoms with Gasteiger partial charge < -0.3 is 10.2 Å². The van der Waals surface area contributed by atoms with Crippen molar-refractivity contribution in [1.82, 2.24) is 0 Å². The van der Waals surface area contributed by atoms with Crippen molar-refractivity contribution in [2.45, 2.75) is 27.7 Å². The van der Waals surface area contributed by atoms with E-state index in [0.717, 1.165) is 5.56 Å². The van der Waals surface area contributed by atoms with Gasteiger partial charge >= 0.3 is 0 Å².